The van der Waals surface area contributed by atoms with Crippen LogP contribution in [0, 0.1) is 5.41 Å². The summed E-state index contributed by atoms with van der Waals surface area (Å²) >= 11 is 0. The monoisotopic (exact) mass is 439 g/mol. The Morgan fingerprint density at radius 3 is 2.28 bits per heavy atom. The second-order valence-corrected chi connectivity index (χ2v) is 8.16. The molecule has 0 bridgehead atoms. The van der Waals surface area contributed by atoms with Crippen LogP contribution in [-0.4, -0.2) is 50.2 Å². The zero-order valence-corrected chi connectivity index (χ0v) is 19.0. The molecule has 0 spiro atoms. The van der Waals surface area contributed by atoms with Crippen molar-refractivity contribution in [2.75, 3.05) is 33.4 Å². The van der Waals surface area contributed by atoms with Crippen molar-refractivity contribution in [1.29, 1.82) is 0 Å². The predicted molar refractivity (Wildman–Crippen MR) is 123 cm³/mol. The van der Waals surface area contributed by atoms with Gasteiger partial charge in [-0.15, -0.1) is 0 Å². The van der Waals surface area contributed by atoms with Gasteiger partial charge in [-0.25, -0.2) is 0 Å². The van der Waals surface area contributed by atoms with Crippen molar-refractivity contribution in [3.8, 4) is 11.5 Å². The first-order chi connectivity index (χ1) is 15.6. The van der Waals surface area contributed by atoms with E-state index < -0.39 is 5.41 Å². The first kappa shape index (κ1) is 23.6. The highest BCUT2D eigenvalue weighted by Gasteiger charge is 2.43. The minimum atomic E-state index is -0.523. The Morgan fingerprint density at radius 2 is 1.62 bits per heavy atom. The van der Waals surface area contributed by atoms with Crippen LogP contribution in [-0.2, 0) is 20.7 Å². The van der Waals surface area contributed by atoms with Gasteiger partial charge in [0.05, 0.1) is 19.1 Å². The summed E-state index contributed by atoms with van der Waals surface area (Å²) in [5, 5.41) is 0. The molecule has 0 aliphatic carbocycles. The minimum absolute atomic E-state index is 0.0548. The van der Waals surface area contributed by atoms with Crippen LogP contribution in [0.3, 0.4) is 0 Å². The number of likely N-dealkylation sites (tertiary alicyclic amines) is 1. The number of para-hydroxylation sites is 2. The standard InChI is InChI=1S/C26H33NO5/c1-3-31-25(29)26(15-9-12-21-10-5-4-6-11-21)16-18-27(19-17-26)24(28)20-32-23-14-8-7-13-22(23)30-2/h4-8,10-11,13-14H,3,9,12,15-20H2,1-2H3. The van der Waals surface area contributed by atoms with Crippen LogP contribution in [0.2, 0.25) is 0 Å². The number of carbonyl (C=O) groups is 2. The summed E-state index contributed by atoms with van der Waals surface area (Å²) in [5.41, 5.74) is 0.748. The van der Waals surface area contributed by atoms with E-state index in [1.165, 1.54) is 5.56 Å². The Balaban J connectivity index is 1.55. The molecule has 0 atom stereocenters. The fourth-order valence-electron chi connectivity index (χ4n) is 4.27. The van der Waals surface area contributed by atoms with Gasteiger partial charge in [-0.05, 0) is 56.7 Å². The molecule has 32 heavy (non-hydrogen) atoms. The third-order valence-electron chi connectivity index (χ3n) is 6.17. The van der Waals surface area contributed by atoms with E-state index in [1.54, 1.807) is 24.1 Å². The van der Waals surface area contributed by atoms with Crippen LogP contribution in [0.1, 0.15) is 38.2 Å². The molecule has 1 heterocycles. The second kappa shape index (κ2) is 11.6. The third-order valence-corrected chi connectivity index (χ3v) is 6.17. The number of ether oxygens (including phenoxy) is 3. The van der Waals surface area contributed by atoms with Gasteiger partial charge in [0.25, 0.3) is 5.91 Å². The highest BCUT2D eigenvalue weighted by atomic mass is 16.5. The van der Waals surface area contributed by atoms with Crippen LogP contribution in [0.15, 0.2) is 54.6 Å². The maximum Gasteiger partial charge on any atom is 0.312 e. The molecule has 0 saturated carbocycles. The molecular weight excluding hydrogens is 406 g/mol. The summed E-state index contributed by atoms with van der Waals surface area (Å²) < 4.78 is 16.4. The van der Waals surface area contributed by atoms with Crippen LogP contribution in [0.5, 0.6) is 11.5 Å². The average Bonchev–Trinajstić information content (AvgIpc) is 2.84. The Hall–Kier alpha value is -3.02. The lowest BCUT2D eigenvalue weighted by molar-refractivity contribution is -0.161. The number of hydrogen-bond donors (Lipinski definition) is 0. The van der Waals surface area contributed by atoms with Crippen LogP contribution >= 0.6 is 0 Å². The molecule has 1 aliphatic rings. The number of aryl methyl sites for hydroxylation is 1. The van der Waals surface area contributed by atoms with Gasteiger partial charge in [-0.2, -0.15) is 0 Å². The zero-order chi connectivity index (χ0) is 22.8. The normalized spacial score (nSPS) is 15.1. The number of hydrogen-bond acceptors (Lipinski definition) is 5. The van der Waals surface area contributed by atoms with Gasteiger partial charge in [-0.1, -0.05) is 42.5 Å². The van der Waals surface area contributed by atoms with Gasteiger partial charge >= 0.3 is 5.97 Å². The van der Waals surface area contributed by atoms with Crippen molar-refractivity contribution in [2.24, 2.45) is 5.41 Å². The molecule has 0 aromatic heterocycles. The van der Waals surface area contributed by atoms with Crippen molar-refractivity contribution in [3.63, 3.8) is 0 Å². The number of methoxy groups -OCH3 is 1. The molecule has 1 fully saturated rings. The highest BCUT2D eigenvalue weighted by molar-refractivity contribution is 5.80. The first-order valence-electron chi connectivity index (χ1n) is 11.3. The molecule has 0 N–H and O–H groups in total. The molecule has 3 rings (SSSR count). The van der Waals surface area contributed by atoms with Gasteiger partial charge in [0.1, 0.15) is 0 Å². The summed E-state index contributed by atoms with van der Waals surface area (Å²) in [5.74, 6) is 0.920. The van der Waals surface area contributed by atoms with Crippen molar-refractivity contribution in [3.05, 3.63) is 60.2 Å². The van der Waals surface area contributed by atoms with E-state index in [-0.39, 0.29) is 18.5 Å². The Morgan fingerprint density at radius 1 is 0.969 bits per heavy atom. The smallest absolute Gasteiger partial charge is 0.312 e. The van der Waals surface area contributed by atoms with E-state index in [1.807, 2.05) is 37.3 Å². The molecule has 6 heteroatoms. The fourth-order valence-corrected chi connectivity index (χ4v) is 4.27. The number of piperidine rings is 1. The largest absolute Gasteiger partial charge is 0.493 e. The SMILES string of the molecule is CCOC(=O)C1(CCCc2ccccc2)CCN(C(=O)COc2ccccc2OC)CC1. The van der Waals surface area contributed by atoms with Crippen molar-refractivity contribution in [2.45, 2.75) is 39.0 Å². The van der Waals surface area contributed by atoms with E-state index in [9.17, 15) is 9.59 Å². The van der Waals surface area contributed by atoms with Gasteiger partial charge in [0.2, 0.25) is 0 Å². The molecule has 2 aromatic carbocycles. The molecule has 2 aromatic rings. The van der Waals surface area contributed by atoms with Gasteiger partial charge in [-0.3, -0.25) is 9.59 Å². The summed E-state index contributed by atoms with van der Waals surface area (Å²) in [6.07, 6.45) is 3.83. The highest BCUT2D eigenvalue weighted by Crippen LogP contribution is 2.38. The number of rotatable bonds is 10. The quantitative estimate of drug-likeness (QED) is 0.518. The van der Waals surface area contributed by atoms with E-state index in [0.717, 1.165) is 19.3 Å². The summed E-state index contributed by atoms with van der Waals surface area (Å²) in [4.78, 5) is 27.4. The van der Waals surface area contributed by atoms with E-state index in [4.69, 9.17) is 14.2 Å². The minimum Gasteiger partial charge on any atom is -0.493 e. The molecule has 0 unspecified atom stereocenters. The molecule has 6 nitrogen and oxygen atoms in total. The average molecular weight is 440 g/mol. The summed E-state index contributed by atoms with van der Waals surface area (Å²) in [7, 11) is 1.57. The number of nitrogens with zero attached hydrogens (tertiary/aromatic N) is 1. The maximum absolute atomic E-state index is 12.9. The van der Waals surface area contributed by atoms with Gasteiger partial charge < -0.3 is 19.1 Å². The second-order valence-electron chi connectivity index (χ2n) is 8.16. The lowest BCUT2D eigenvalue weighted by Crippen LogP contribution is -2.48. The maximum atomic E-state index is 12.9. The van der Waals surface area contributed by atoms with Crippen LogP contribution in [0.25, 0.3) is 0 Å². The van der Waals surface area contributed by atoms with Crippen LogP contribution < -0.4 is 9.47 Å². The predicted octanol–water partition coefficient (Wildman–Crippen LogP) is 4.27. The molecule has 172 valence electrons. The van der Waals surface area contributed by atoms with Crippen molar-refractivity contribution in [1.82, 2.24) is 4.90 Å². The number of carbonyl (C=O) groups excluding carboxylic acids is 2. The lowest BCUT2D eigenvalue weighted by Gasteiger charge is -2.40. The Labute approximate surface area is 190 Å². The van der Waals surface area contributed by atoms with Crippen molar-refractivity contribution >= 4 is 11.9 Å². The van der Waals surface area contributed by atoms with E-state index >= 15 is 0 Å². The molecule has 0 radical (unpaired) electrons. The van der Waals surface area contributed by atoms with E-state index in [2.05, 4.69) is 12.1 Å². The summed E-state index contributed by atoms with van der Waals surface area (Å²) in [6.45, 7) is 3.20. The topological polar surface area (TPSA) is 65.1 Å². The van der Waals surface area contributed by atoms with Gasteiger partial charge in [0.15, 0.2) is 18.1 Å². The van der Waals surface area contributed by atoms with Crippen molar-refractivity contribution < 1.29 is 23.8 Å². The Bertz CT molecular complexity index is 875. The fraction of sp³-hybridized carbons (Fsp3) is 0.462. The van der Waals surface area contributed by atoms with Gasteiger partial charge in [0, 0.05) is 13.1 Å². The number of amides is 1. The first-order valence-corrected chi connectivity index (χ1v) is 11.3. The molecule has 1 aliphatic heterocycles. The van der Waals surface area contributed by atoms with Crippen LogP contribution in [0.4, 0.5) is 0 Å². The molecular formula is C26H33NO5. The number of benzene rings is 2. The third kappa shape index (κ3) is 6.02. The lowest BCUT2D eigenvalue weighted by atomic mass is 9.74. The number of esters is 1. The zero-order valence-electron chi connectivity index (χ0n) is 19.0. The molecule has 1 saturated heterocycles. The van der Waals surface area contributed by atoms with E-state index in [0.29, 0.717) is 44.0 Å². The molecule has 1 amide bonds. The summed E-state index contributed by atoms with van der Waals surface area (Å²) in [6, 6.07) is 17.6. The Kier molecular flexibility index (Phi) is 8.54.